The van der Waals surface area contributed by atoms with Gasteiger partial charge in [-0.1, -0.05) is 30.7 Å². The normalized spacial score (nSPS) is 26.1. The summed E-state index contributed by atoms with van der Waals surface area (Å²) in [5, 5.41) is 9.91. The van der Waals surface area contributed by atoms with E-state index in [1.54, 1.807) is 0 Å². The molecule has 2 nitrogen and oxygen atoms in total. The van der Waals surface area contributed by atoms with E-state index in [1.165, 1.54) is 16.7 Å². The van der Waals surface area contributed by atoms with Gasteiger partial charge >= 0.3 is 0 Å². The van der Waals surface area contributed by atoms with Crippen LogP contribution >= 0.6 is 0 Å². The first-order valence-corrected chi connectivity index (χ1v) is 6.53. The minimum absolute atomic E-state index is 0.158. The molecule has 94 valence electrons. The highest BCUT2D eigenvalue weighted by Crippen LogP contribution is 2.20. The van der Waals surface area contributed by atoms with E-state index in [2.05, 4.69) is 43.9 Å². The van der Waals surface area contributed by atoms with E-state index in [1.807, 2.05) is 0 Å². The lowest BCUT2D eigenvalue weighted by Gasteiger charge is -2.34. The molecule has 0 bridgehead atoms. The van der Waals surface area contributed by atoms with Gasteiger partial charge in [-0.3, -0.25) is 4.90 Å². The van der Waals surface area contributed by atoms with Gasteiger partial charge in [0.15, 0.2) is 0 Å². The molecule has 0 amide bonds. The standard InChI is InChI=1S/C15H23NO/c1-11-4-5-12(2)14(8-11)9-16-7-6-13(3)15(17)10-16/h4-5,8,13,15,17H,6-7,9-10H2,1-3H3. The number of rotatable bonds is 2. The van der Waals surface area contributed by atoms with Gasteiger partial charge < -0.3 is 5.11 Å². The Morgan fingerprint density at radius 1 is 1.35 bits per heavy atom. The summed E-state index contributed by atoms with van der Waals surface area (Å²) in [6, 6.07) is 6.61. The zero-order valence-electron chi connectivity index (χ0n) is 11.1. The summed E-state index contributed by atoms with van der Waals surface area (Å²) in [6.45, 7) is 9.32. The van der Waals surface area contributed by atoms with Crippen molar-refractivity contribution in [3.05, 3.63) is 34.9 Å². The van der Waals surface area contributed by atoms with E-state index in [0.29, 0.717) is 5.92 Å². The van der Waals surface area contributed by atoms with Crippen molar-refractivity contribution in [1.29, 1.82) is 0 Å². The predicted molar refractivity (Wildman–Crippen MR) is 71.0 cm³/mol. The molecule has 2 unspecified atom stereocenters. The molecule has 2 atom stereocenters. The highest BCUT2D eigenvalue weighted by molar-refractivity contribution is 5.30. The molecule has 0 aromatic heterocycles. The number of hydrogen-bond acceptors (Lipinski definition) is 2. The van der Waals surface area contributed by atoms with Crippen LogP contribution in [0.25, 0.3) is 0 Å². The number of likely N-dealkylation sites (tertiary alicyclic amines) is 1. The third kappa shape index (κ3) is 3.08. The Bertz CT molecular complexity index is 389. The lowest BCUT2D eigenvalue weighted by atomic mass is 9.95. The number of aryl methyl sites for hydroxylation is 2. The zero-order chi connectivity index (χ0) is 12.4. The van der Waals surface area contributed by atoms with Gasteiger partial charge in [-0.25, -0.2) is 0 Å². The Morgan fingerprint density at radius 3 is 2.82 bits per heavy atom. The molecule has 1 aromatic carbocycles. The van der Waals surface area contributed by atoms with Crippen molar-refractivity contribution in [2.45, 2.75) is 39.8 Å². The topological polar surface area (TPSA) is 23.5 Å². The number of nitrogens with zero attached hydrogens (tertiary/aromatic N) is 1. The van der Waals surface area contributed by atoms with Crippen LogP contribution in [-0.2, 0) is 6.54 Å². The highest BCUT2D eigenvalue weighted by atomic mass is 16.3. The van der Waals surface area contributed by atoms with Gasteiger partial charge in [-0.05, 0) is 43.9 Å². The Morgan fingerprint density at radius 2 is 2.12 bits per heavy atom. The molecular formula is C15H23NO. The van der Waals surface area contributed by atoms with Gasteiger partial charge in [0, 0.05) is 13.1 Å². The number of benzene rings is 1. The summed E-state index contributed by atoms with van der Waals surface area (Å²) in [5.41, 5.74) is 4.06. The first kappa shape index (κ1) is 12.6. The second kappa shape index (κ2) is 5.19. The Labute approximate surface area is 104 Å². The molecule has 1 heterocycles. The molecule has 0 aliphatic carbocycles. The van der Waals surface area contributed by atoms with Crippen LogP contribution in [0.5, 0.6) is 0 Å². The van der Waals surface area contributed by atoms with Crippen LogP contribution in [0.1, 0.15) is 30.0 Å². The second-order valence-electron chi connectivity index (χ2n) is 5.50. The van der Waals surface area contributed by atoms with Crippen LogP contribution in [0.2, 0.25) is 0 Å². The summed E-state index contributed by atoms with van der Waals surface area (Å²) in [6.07, 6.45) is 0.945. The van der Waals surface area contributed by atoms with Crippen molar-refractivity contribution in [3.8, 4) is 0 Å². The first-order chi connectivity index (χ1) is 8.06. The smallest absolute Gasteiger partial charge is 0.0693 e. The fraction of sp³-hybridized carbons (Fsp3) is 0.600. The lowest BCUT2D eigenvalue weighted by molar-refractivity contribution is 0.0258. The Balaban J connectivity index is 2.03. The van der Waals surface area contributed by atoms with Crippen molar-refractivity contribution in [1.82, 2.24) is 4.90 Å². The molecule has 1 fully saturated rings. The summed E-state index contributed by atoms with van der Waals surface area (Å²) >= 11 is 0. The molecule has 17 heavy (non-hydrogen) atoms. The van der Waals surface area contributed by atoms with E-state index >= 15 is 0 Å². The van der Waals surface area contributed by atoms with Gasteiger partial charge in [0.25, 0.3) is 0 Å². The van der Waals surface area contributed by atoms with Crippen LogP contribution in [0, 0.1) is 19.8 Å². The van der Waals surface area contributed by atoms with Gasteiger partial charge in [0.05, 0.1) is 6.10 Å². The maximum absolute atomic E-state index is 9.91. The van der Waals surface area contributed by atoms with Gasteiger partial charge in [0.1, 0.15) is 0 Å². The summed E-state index contributed by atoms with van der Waals surface area (Å²) in [5.74, 6) is 0.449. The summed E-state index contributed by atoms with van der Waals surface area (Å²) in [7, 11) is 0. The molecule has 0 radical (unpaired) electrons. The van der Waals surface area contributed by atoms with Gasteiger partial charge in [0.2, 0.25) is 0 Å². The highest BCUT2D eigenvalue weighted by Gasteiger charge is 2.24. The molecule has 2 rings (SSSR count). The van der Waals surface area contributed by atoms with E-state index in [-0.39, 0.29) is 6.10 Å². The molecule has 1 aliphatic heterocycles. The predicted octanol–water partition coefficient (Wildman–Crippen LogP) is 2.51. The molecule has 1 aromatic rings. The SMILES string of the molecule is Cc1ccc(C)c(CN2CCC(C)C(O)C2)c1. The minimum Gasteiger partial charge on any atom is -0.392 e. The third-order valence-electron chi connectivity index (χ3n) is 3.90. The molecule has 1 saturated heterocycles. The van der Waals surface area contributed by atoms with E-state index < -0.39 is 0 Å². The molecule has 0 saturated carbocycles. The van der Waals surface area contributed by atoms with Crippen molar-refractivity contribution >= 4 is 0 Å². The van der Waals surface area contributed by atoms with E-state index in [4.69, 9.17) is 0 Å². The maximum atomic E-state index is 9.91. The van der Waals surface area contributed by atoms with Crippen molar-refractivity contribution in [2.24, 2.45) is 5.92 Å². The largest absolute Gasteiger partial charge is 0.392 e. The average Bonchev–Trinajstić information content (AvgIpc) is 2.29. The van der Waals surface area contributed by atoms with Gasteiger partial charge in [-0.15, -0.1) is 0 Å². The lowest BCUT2D eigenvalue weighted by Crippen LogP contribution is -2.42. The number of aliphatic hydroxyl groups is 1. The quantitative estimate of drug-likeness (QED) is 0.848. The Hall–Kier alpha value is -0.860. The van der Waals surface area contributed by atoms with Crippen LogP contribution in [0.4, 0.5) is 0 Å². The van der Waals surface area contributed by atoms with E-state index in [0.717, 1.165) is 26.1 Å². The van der Waals surface area contributed by atoms with Crippen LogP contribution in [0.3, 0.4) is 0 Å². The van der Waals surface area contributed by atoms with Crippen LogP contribution in [0.15, 0.2) is 18.2 Å². The minimum atomic E-state index is -0.158. The third-order valence-corrected chi connectivity index (χ3v) is 3.90. The van der Waals surface area contributed by atoms with Crippen molar-refractivity contribution in [2.75, 3.05) is 13.1 Å². The van der Waals surface area contributed by atoms with Crippen molar-refractivity contribution < 1.29 is 5.11 Å². The molecule has 2 heteroatoms. The summed E-state index contributed by atoms with van der Waals surface area (Å²) in [4.78, 5) is 2.37. The first-order valence-electron chi connectivity index (χ1n) is 6.53. The molecule has 1 N–H and O–H groups in total. The monoisotopic (exact) mass is 233 g/mol. The number of aliphatic hydroxyl groups excluding tert-OH is 1. The fourth-order valence-corrected chi connectivity index (χ4v) is 2.47. The molecule has 0 spiro atoms. The fourth-order valence-electron chi connectivity index (χ4n) is 2.47. The van der Waals surface area contributed by atoms with Crippen molar-refractivity contribution in [3.63, 3.8) is 0 Å². The average molecular weight is 233 g/mol. The van der Waals surface area contributed by atoms with E-state index in [9.17, 15) is 5.11 Å². The van der Waals surface area contributed by atoms with Gasteiger partial charge in [-0.2, -0.15) is 0 Å². The van der Waals surface area contributed by atoms with Crippen LogP contribution in [-0.4, -0.2) is 29.2 Å². The Kier molecular flexibility index (Phi) is 3.85. The zero-order valence-corrected chi connectivity index (χ0v) is 11.1. The number of β-amino-alcohol motifs (C(OH)–C–C–N with tert-alkyl or cyclic N) is 1. The second-order valence-corrected chi connectivity index (χ2v) is 5.50. The van der Waals surface area contributed by atoms with Crippen LogP contribution < -0.4 is 0 Å². The number of piperidine rings is 1. The number of hydrogen-bond donors (Lipinski definition) is 1. The molecule has 1 aliphatic rings. The molecular weight excluding hydrogens is 210 g/mol. The maximum Gasteiger partial charge on any atom is 0.0693 e. The summed E-state index contributed by atoms with van der Waals surface area (Å²) < 4.78 is 0.